The number of fused-ring (bicyclic) bond motifs is 3. The average Bonchev–Trinajstić information content (AvgIpc) is 3.45. The summed E-state index contributed by atoms with van der Waals surface area (Å²) in [5.41, 5.74) is 8.93. The topological polar surface area (TPSA) is 82.4 Å². The number of nitrogens with zero attached hydrogens (tertiary/aromatic N) is 4. The minimum atomic E-state index is -0.467. The van der Waals surface area contributed by atoms with Crippen LogP contribution in [0, 0.1) is 27.5 Å². The van der Waals surface area contributed by atoms with Crippen molar-refractivity contribution >= 4 is 51.4 Å². The Hall–Kier alpha value is -4.09. The fourth-order valence-electron chi connectivity index (χ4n) is 6.19. The van der Waals surface area contributed by atoms with Crippen LogP contribution in [-0.4, -0.2) is 14.1 Å². The third-order valence-corrected chi connectivity index (χ3v) is 9.81. The summed E-state index contributed by atoms with van der Waals surface area (Å²) in [6.07, 6.45) is 3.51. The Labute approximate surface area is 259 Å². The smallest absolute Gasteiger partial charge is 0.271 e. The van der Waals surface area contributed by atoms with Crippen LogP contribution in [0.1, 0.15) is 46.1 Å². The Bertz CT molecular complexity index is 2140. The number of nitro benzene ring substituents is 1. The van der Waals surface area contributed by atoms with E-state index in [2.05, 4.69) is 83.5 Å². The minimum absolute atomic E-state index is 0.00743. The Morgan fingerprint density at radius 2 is 1.81 bits per heavy atom. The molecule has 42 heavy (non-hydrogen) atoms. The van der Waals surface area contributed by atoms with Crippen molar-refractivity contribution in [1.29, 1.82) is 0 Å². The van der Waals surface area contributed by atoms with Gasteiger partial charge in [-0.3, -0.25) is 19.5 Å². The number of non-ortho nitro benzene ring substituents is 1. The standard InChI is InChI=1S/C33H25IN4O3S/c1-19-16-23(20(2)36(19)25-13-11-24(34)12-14-25)18-29-32(39)37-31(22-7-5-8-26(17-22)38(40)41)28-15-10-21-6-3-4-9-27(21)30(28)35-33(37)42-29/h3-9,11-14,16-18,31H,10,15H2,1-2H3/b29-18+/t31-/m0/s1. The molecule has 0 radical (unpaired) electrons. The summed E-state index contributed by atoms with van der Waals surface area (Å²) in [6, 6.07) is 24.9. The van der Waals surface area contributed by atoms with Crippen molar-refractivity contribution in [2.24, 2.45) is 4.99 Å². The van der Waals surface area contributed by atoms with Crippen LogP contribution < -0.4 is 14.9 Å². The third kappa shape index (κ3) is 4.38. The molecule has 0 saturated carbocycles. The van der Waals surface area contributed by atoms with Crippen molar-refractivity contribution in [3.05, 3.63) is 151 Å². The molecule has 0 saturated heterocycles. The first kappa shape index (κ1) is 26.8. The summed E-state index contributed by atoms with van der Waals surface area (Å²) < 4.78 is 5.69. The molecule has 0 bridgehead atoms. The van der Waals surface area contributed by atoms with E-state index < -0.39 is 6.04 Å². The van der Waals surface area contributed by atoms with Crippen LogP contribution >= 0.6 is 33.9 Å². The molecular weight excluding hydrogens is 659 g/mol. The van der Waals surface area contributed by atoms with Crippen molar-refractivity contribution in [3.63, 3.8) is 0 Å². The van der Waals surface area contributed by atoms with Gasteiger partial charge in [0.05, 0.1) is 21.2 Å². The number of benzene rings is 3. The van der Waals surface area contributed by atoms with E-state index in [4.69, 9.17) is 4.99 Å². The maximum atomic E-state index is 14.2. The van der Waals surface area contributed by atoms with E-state index in [0.29, 0.717) is 9.33 Å². The van der Waals surface area contributed by atoms with Crippen molar-refractivity contribution in [2.75, 3.05) is 0 Å². The highest BCUT2D eigenvalue weighted by Gasteiger charge is 2.33. The van der Waals surface area contributed by atoms with Crippen molar-refractivity contribution in [2.45, 2.75) is 32.7 Å². The van der Waals surface area contributed by atoms with E-state index in [1.165, 1.54) is 26.5 Å². The van der Waals surface area contributed by atoms with Crippen LogP contribution in [0.3, 0.4) is 0 Å². The fourth-order valence-corrected chi connectivity index (χ4v) is 7.54. The second-order valence-electron chi connectivity index (χ2n) is 10.6. The number of halogens is 1. The predicted molar refractivity (Wildman–Crippen MR) is 174 cm³/mol. The molecule has 2 aromatic heterocycles. The van der Waals surface area contributed by atoms with Crippen LogP contribution in [0.15, 0.2) is 94.2 Å². The normalized spacial score (nSPS) is 16.1. The summed E-state index contributed by atoms with van der Waals surface area (Å²) in [4.78, 5) is 31.1. The van der Waals surface area contributed by atoms with Crippen molar-refractivity contribution in [1.82, 2.24) is 9.13 Å². The zero-order valence-corrected chi connectivity index (χ0v) is 25.8. The number of hydrogen-bond acceptors (Lipinski definition) is 5. The van der Waals surface area contributed by atoms with Crippen LogP contribution in [0.4, 0.5) is 5.69 Å². The van der Waals surface area contributed by atoms with Gasteiger partial charge in [0.2, 0.25) is 0 Å². The zero-order chi connectivity index (χ0) is 29.1. The zero-order valence-electron chi connectivity index (χ0n) is 22.9. The van der Waals surface area contributed by atoms with E-state index in [1.807, 2.05) is 24.3 Å². The van der Waals surface area contributed by atoms with Gasteiger partial charge in [-0.15, -0.1) is 0 Å². The highest BCUT2D eigenvalue weighted by atomic mass is 127. The molecule has 0 amide bonds. The van der Waals surface area contributed by atoms with E-state index in [0.717, 1.165) is 57.9 Å². The number of rotatable bonds is 4. The molecule has 0 spiro atoms. The first-order valence-electron chi connectivity index (χ1n) is 13.6. The highest BCUT2D eigenvalue weighted by molar-refractivity contribution is 14.1. The average molecular weight is 685 g/mol. The van der Waals surface area contributed by atoms with Crippen LogP contribution in [0.25, 0.3) is 17.5 Å². The molecule has 1 aliphatic heterocycles. The molecule has 3 aromatic carbocycles. The molecule has 0 N–H and O–H groups in total. The molecule has 7 nitrogen and oxygen atoms in total. The number of allylic oxidation sites excluding steroid dienone is 1. The second kappa shape index (κ2) is 10.3. The second-order valence-corrected chi connectivity index (χ2v) is 12.9. The van der Waals surface area contributed by atoms with Crippen LogP contribution in [0.2, 0.25) is 0 Å². The first-order chi connectivity index (χ1) is 20.3. The molecule has 0 unspecified atom stereocenters. The lowest BCUT2D eigenvalue weighted by molar-refractivity contribution is -0.384. The summed E-state index contributed by atoms with van der Waals surface area (Å²) in [6.45, 7) is 4.13. The summed E-state index contributed by atoms with van der Waals surface area (Å²) in [5, 5.41) is 11.7. The summed E-state index contributed by atoms with van der Waals surface area (Å²) >= 11 is 3.67. The molecule has 2 aliphatic rings. The first-order valence-corrected chi connectivity index (χ1v) is 15.5. The van der Waals surface area contributed by atoms with Crippen LogP contribution in [0.5, 0.6) is 0 Å². The van der Waals surface area contributed by atoms with E-state index in [1.54, 1.807) is 16.7 Å². The molecule has 1 aliphatic carbocycles. The largest absolute Gasteiger partial charge is 0.318 e. The molecule has 208 valence electrons. The van der Waals surface area contributed by atoms with Gasteiger partial charge in [-0.1, -0.05) is 47.7 Å². The molecule has 0 fully saturated rings. The quantitative estimate of drug-likeness (QED) is 0.128. The predicted octanol–water partition coefficient (Wildman–Crippen LogP) is 6.24. The number of hydrogen-bond donors (Lipinski definition) is 0. The minimum Gasteiger partial charge on any atom is -0.318 e. The Balaban J connectivity index is 1.44. The van der Waals surface area contributed by atoms with Crippen molar-refractivity contribution < 1.29 is 4.92 Å². The van der Waals surface area contributed by atoms with E-state index in [9.17, 15) is 14.9 Å². The van der Waals surface area contributed by atoms with Gasteiger partial charge in [0.25, 0.3) is 11.2 Å². The molecule has 1 atom stereocenters. The maximum Gasteiger partial charge on any atom is 0.271 e. The molecule has 7 rings (SSSR count). The third-order valence-electron chi connectivity index (χ3n) is 8.11. The number of aromatic nitrogens is 2. The van der Waals surface area contributed by atoms with Gasteiger partial charge in [-0.25, -0.2) is 4.99 Å². The van der Waals surface area contributed by atoms with Gasteiger partial charge >= 0.3 is 0 Å². The Kier molecular flexibility index (Phi) is 6.58. The number of thiazole rings is 1. The summed E-state index contributed by atoms with van der Waals surface area (Å²) in [5.74, 6) is 0. The van der Waals surface area contributed by atoms with Crippen molar-refractivity contribution in [3.8, 4) is 5.69 Å². The molecular formula is C33H25IN4O3S. The summed E-state index contributed by atoms with van der Waals surface area (Å²) in [7, 11) is 0. The fraction of sp³-hybridized carbons (Fsp3) is 0.152. The maximum absolute atomic E-state index is 14.2. The lowest BCUT2D eigenvalue weighted by Gasteiger charge is -2.30. The molecule has 9 heteroatoms. The van der Waals surface area contributed by atoms with E-state index in [-0.39, 0.29) is 16.2 Å². The lowest BCUT2D eigenvalue weighted by Crippen LogP contribution is -2.38. The monoisotopic (exact) mass is 684 g/mol. The van der Waals surface area contributed by atoms with Gasteiger partial charge in [0.1, 0.15) is 0 Å². The Morgan fingerprint density at radius 1 is 1.02 bits per heavy atom. The van der Waals surface area contributed by atoms with Crippen LogP contribution in [-0.2, 0) is 6.42 Å². The van der Waals surface area contributed by atoms with Gasteiger partial charge < -0.3 is 4.57 Å². The Morgan fingerprint density at radius 3 is 2.60 bits per heavy atom. The van der Waals surface area contributed by atoms with Gasteiger partial charge in [-0.2, -0.15) is 0 Å². The SMILES string of the molecule is Cc1cc(/C=c2/sc3n(c2=O)[C@@H](c2cccc([N+](=O)[O-])c2)C2=C(N=3)c3ccccc3CC2)c(C)n1-c1ccc(I)cc1. The lowest BCUT2D eigenvalue weighted by atomic mass is 9.83. The number of nitro groups is 1. The highest BCUT2D eigenvalue weighted by Crippen LogP contribution is 2.41. The van der Waals surface area contributed by atoms with Gasteiger partial charge in [-0.05, 0) is 108 Å². The number of aryl methyl sites for hydroxylation is 2. The van der Waals surface area contributed by atoms with Gasteiger partial charge in [0, 0.05) is 38.3 Å². The van der Waals surface area contributed by atoms with E-state index >= 15 is 0 Å². The van der Waals surface area contributed by atoms with Gasteiger partial charge in [0.15, 0.2) is 4.80 Å². The molecule has 3 heterocycles. The molecule has 5 aromatic rings.